The molecule has 0 spiro atoms. The Hall–Kier alpha value is -2.02. The Balaban J connectivity index is 2.42. The van der Waals surface area contributed by atoms with E-state index in [9.17, 15) is 4.79 Å². The van der Waals surface area contributed by atoms with Crippen molar-refractivity contribution >= 4 is 11.6 Å². The van der Waals surface area contributed by atoms with E-state index in [0.29, 0.717) is 12.1 Å². The van der Waals surface area contributed by atoms with Gasteiger partial charge in [-0.25, -0.2) is 0 Å². The zero-order valence-electron chi connectivity index (χ0n) is 10.9. The normalized spacial score (nSPS) is 18.1. The topological polar surface area (TPSA) is 56.1 Å². The Bertz CT molecular complexity index is 528. The van der Waals surface area contributed by atoms with E-state index in [0.717, 1.165) is 17.8 Å². The molecule has 0 bridgehead atoms. The number of anilines is 1. The first-order valence-corrected chi connectivity index (χ1v) is 6.03. The minimum Gasteiger partial charge on any atom is -0.356 e. The lowest BCUT2D eigenvalue weighted by Crippen LogP contribution is -2.62. The molecule has 1 aliphatic heterocycles. The third-order valence-electron chi connectivity index (χ3n) is 3.47. The second-order valence-corrected chi connectivity index (χ2v) is 5.08. The summed E-state index contributed by atoms with van der Waals surface area (Å²) < 4.78 is 0. The highest BCUT2D eigenvalue weighted by atomic mass is 16.2. The van der Waals surface area contributed by atoms with E-state index in [4.69, 9.17) is 5.26 Å². The molecule has 1 aliphatic rings. The lowest BCUT2D eigenvalue weighted by Gasteiger charge is -2.43. The molecule has 1 amide bonds. The number of nitrogens with zero attached hydrogens (tertiary/aromatic N) is 2. The molecule has 1 saturated heterocycles. The fourth-order valence-corrected chi connectivity index (χ4v) is 2.35. The second kappa shape index (κ2) is 4.34. The number of amides is 1. The van der Waals surface area contributed by atoms with Crippen LogP contribution in [0, 0.1) is 18.3 Å². The van der Waals surface area contributed by atoms with Gasteiger partial charge >= 0.3 is 0 Å². The predicted molar refractivity (Wildman–Crippen MR) is 70.3 cm³/mol. The summed E-state index contributed by atoms with van der Waals surface area (Å²) in [6.07, 6.45) is 0. The number of aryl methyl sites for hydroxylation is 1. The molecule has 1 aromatic carbocycles. The third-order valence-corrected chi connectivity index (χ3v) is 3.47. The molecule has 1 N–H and O–H groups in total. The number of carbonyl (C=O) groups is 1. The number of nitrogens with one attached hydrogen (secondary N) is 1. The van der Waals surface area contributed by atoms with Crippen molar-refractivity contribution < 1.29 is 4.79 Å². The third kappa shape index (κ3) is 1.92. The van der Waals surface area contributed by atoms with E-state index in [2.05, 4.69) is 16.3 Å². The van der Waals surface area contributed by atoms with Crippen LogP contribution in [0.4, 0.5) is 5.69 Å². The van der Waals surface area contributed by atoms with Gasteiger partial charge in [0.25, 0.3) is 0 Å². The molecule has 0 radical (unpaired) electrons. The molecule has 0 aromatic heterocycles. The summed E-state index contributed by atoms with van der Waals surface area (Å²) in [5, 5.41) is 11.8. The Kier molecular flexibility index (Phi) is 3.00. The smallest absolute Gasteiger partial charge is 0.245 e. The first-order chi connectivity index (χ1) is 8.46. The van der Waals surface area contributed by atoms with Crippen molar-refractivity contribution in [1.29, 1.82) is 5.26 Å². The summed E-state index contributed by atoms with van der Waals surface area (Å²) in [6, 6.07) is 7.71. The van der Waals surface area contributed by atoms with Gasteiger partial charge in [0.15, 0.2) is 0 Å². The summed E-state index contributed by atoms with van der Waals surface area (Å²) >= 11 is 0. The van der Waals surface area contributed by atoms with Crippen molar-refractivity contribution in [1.82, 2.24) is 5.32 Å². The van der Waals surface area contributed by atoms with Gasteiger partial charge in [-0.2, -0.15) is 5.26 Å². The largest absolute Gasteiger partial charge is 0.356 e. The second-order valence-electron chi connectivity index (χ2n) is 5.08. The number of nitriles is 1. The molecule has 1 heterocycles. The van der Waals surface area contributed by atoms with Crippen molar-refractivity contribution in [3.63, 3.8) is 0 Å². The van der Waals surface area contributed by atoms with Crippen LogP contribution < -0.4 is 10.2 Å². The van der Waals surface area contributed by atoms with Crippen LogP contribution >= 0.6 is 0 Å². The highest BCUT2D eigenvalue weighted by Gasteiger charge is 2.38. The van der Waals surface area contributed by atoms with Crippen LogP contribution in [0.3, 0.4) is 0 Å². The zero-order valence-corrected chi connectivity index (χ0v) is 10.9. The van der Waals surface area contributed by atoms with E-state index in [1.807, 2.05) is 32.9 Å². The van der Waals surface area contributed by atoms with Crippen LogP contribution in [0.2, 0.25) is 0 Å². The molecule has 4 heteroatoms. The maximum atomic E-state index is 11.9. The Labute approximate surface area is 107 Å². The van der Waals surface area contributed by atoms with Crippen LogP contribution in [0.25, 0.3) is 0 Å². The van der Waals surface area contributed by atoms with E-state index in [1.54, 1.807) is 6.07 Å². The monoisotopic (exact) mass is 243 g/mol. The van der Waals surface area contributed by atoms with Crippen molar-refractivity contribution in [3.05, 3.63) is 29.3 Å². The van der Waals surface area contributed by atoms with Gasteiger partial charge in [0.1, 0.15) is 5.54 Å². The summed E-state index contributed by atoms with van der Waals surface area (Å²) in [5.41, 5.74) is 2.14. The first kappa shape index (κ1) is 12.4. The molecule has 1 fully saturated rings. The lowest BCUT2D eigenvalue weighted by molar-refractivity contribution is -0.126. The van der Waals surface area contributed by atoms with Gasteiger partial charge in [-0.15, -0.1) is 0 Å². The first-order valence-electron chi connectivity index (χ1n) is 6.03. The predicted octanol–water partition coefficient (Wildman–Crippen LogP) is 1.58. The van der Waals surface area contributed by atoms with Gasteiger partial charge in [0.2, 0.25) is 5.91 Å². The van der Waals surface area contributed by atoms with E-state index < -0.39 is 5.54 Å². The highest BCUT2D eigenvalue weighted by molar-refractivity contribution is 5.90. The van der Waals surface area contributed by atoms with E-state index >= 15 is 0 Å². The summed E-state index contributed by atoms with van der Waals surface area (Å²) in [5.74, 6) is 0.0394. The molecule has 0 saturated carbocycles. The average molecular weight is 243 g/mol. The number of carbonyl (C=O) groups excluding carboxylic acids is 1. The Morgan fingerprint density at radius 2 is 2.17 bits per heavy atom. The molecule has 1 aromatic rings. The highest BCUT2D eigenvalue weighted by Crippen LogP contribution is 2.29. The number of rotatable bonds is 1. The van der Waals surface area contributed by atoms with Gasteiger partial charge in [0.05, 0.1) is 11.6 Å². The fourth-order valence-electron chi connectivity index (χ4n) is 2.35. The van der Waals surface area contributed by atoms with Crippen LogP contribution in [0.1, 0.15) is 25.0 Å². The molecule has 4 nitrogen and oxygen atoms in total. The number of piperazine rings is 1. The lowest BCUT2D eigenvalue weighted by atomic mass is 9.96. The van der Waals surface area contributed by atoms with E-state index in [1.165, 1.54) is 0 Å². The van der Waals surface area contributed by atoms with Crippen molar-refractivity contribution in [3.8, 4) is 6.07 Å². The number of hydrogen-bond donors (Lipinski definition) is 1. The van der Waals surface area contributed by atoms with Crippen molar-refractivity contribution in [2.24, 2.45) is 0 Å². The fraction of sp³-hybridized carbons (Fsp3) is 0.429. The summed E-state index contributed by atoms with van der Waals surface area (Å²) in [4.78, 5) is 14.0. The van der Waals surface area contributed by atoms with Gasteiger partial charge in [-0.1, -0.05) is 0 Å². The van der Waals surface area contributed by atoms with Gasteiger partial charge in [-0.3, -0.25) is 4.79 Å². The van der Waals surface area contributed by atoms with Crippen LogP contribution in [-0.2, 0) is 4.79 Å². The average Bonchev–Trinajstić information content (AvgIpc) is 2.33. The molecule has 94 valence electrons. The van der Waals surface area contributed by atoms with Gasteiger partial charge in [-0.05, 0) is 44.5 Å². The van der Waals surface area contributed by atoms with Gasteiger partial charge in [0, 0.05) is 18.8 Å². The minimum absolute atomic E-state index is 0.0394. The molecule has 0 unspecified atom stereocenters. The molecule has 18 heavy (non-hydrogen) atoms. The van der Waals surface area contributed by atoms with Gasteiger partial charge < -0.3 is 10.2 Å². The number of benzene rings is 1. The van der Waals surface area contributed by atoms with Crippen LogP contribution in [-0.4, -0.2) is 24.5 Å². The zero-order chi connectivity index (χ0) is 13.3. The summed E-state index contributed by atoms with van der Waals surface area (Å²) in [6.45, 7) is 7.24. The summed E-state index contributed by atoms with van der Waals surface area (Å²) in [7, 11) is 0. The van der Waals surface area contributed by atoms with E-state index in [-0.39, 0.29) is 5.91 Å². The maximum absolute atomic E-state index is 11.9. The SMILES string of the molecule is Cc1cc(C#N)ccc1N1CCNC(=O)C1(C)C. The standard InChI is InChI=1S/C14H17N3O/c1-10-8-11(9-15)4-5-12(10)17-7-6-16-13(18)14(17,2)3/h4-5,8H,6-7H2,1-3H3,(H,16,18). The van der Waals surface area contributed by atoms with Crippen LogP contribution in [0.5, 0.6) is 0 Å². The molecule has 0 aliphatic carbocycles. The Morgan fingerprint density at radius 1 is 1.44 bits per heavy atom. The van der Waals surface area contributed by atoms with Crippen LogP contribution in [0.15, 0.2) is 18.2 Å². The minimum atomic E-state index is -0.558. The Morgan fingerprint density at radius 3 is 2.78 bits per heavy atom. The molecule has 0 atom stereocenters. The molecular weight excluding hydrogens is 226 g/mol. The van der Waals surface area contributed by atoms with Crippen molar-refractivity contribution in [2.75, 3.05) is 18.0 Å². The maximum Gasteiger partial charge on any atom is 0.245 e. The van der Waals surface area contributed by atoms with Crippen molar-refractivity contribution in [2.45, 2.75) is 26.3 Å². The molecular formula is C14H17N3O. The number of hydrogen-bond acceptors (Lipinski definition) is 3. The quantitative estimate of drug-likeness (QED) is 0.814. The molecule has 2 rings (SSSR count).